The molecule has 0 bridgehead atoms. The second kappa shape index (κ2) is 6.91. The van der Waals surface area contributed by atoms with Crippen LogP contribution in [0.4, 0.5) is 0 Å². The summed E-state index contributed by atoms with van der Waals surface area (Å²) >= 11 is 0. The molecule has 18 heavy (non-hydrogen) atoms. The highest BCUT2D eigenvalue weighted by Gasteiger charge is 2.28. The third kappa shape index (κ3) is 4.24. The molecule has 0 spiro atoms. The number of hydrogen-bond donors (Lipinski definition) is 1. The number of hydrogen-bond acceptors (Lipinski definition) is 2. The summed E-state index contributed by atoms with van der Waals surface area (Å²) in [6.07, 6.45) is 7.05. The van der Waals surface area contributed by atoms with Gasteiger partial charge in [-0.3, -0.25) is 0 Å². The number of nitrogens with one attached hydrogen (secondary N) is 1. The Hall–Kier alpha value is -0.0800. The van der Waals surface area contributed by atoms with Crippen molar-refractivity contribution < 1.29 is 0 Å². The van der Waals surface area contributed by atoms with Gasteiger partial charge in [0.2, 0.25) is 0 Å². The molecule has 0 aromatic rings. The van der Waals surface area contributed by atoms with Gasteiger partial charge >= 0.3 is 0 Å². The van der Waals surface area contributed by atoms with E-state index in [0.717, 1.165) is 23.8 Å². The van der Waals surface area contributed by atoms with Gasteiger partial charge in [0.1, 0.15) is 0 Å². The number of nitrogens with zero attached hydrogens (tertiary/aromatic N) is 1. The van der Waals surface area contributed by atoms with Crippen molar-refractivity contribution >= 4 is 0 Å². The molecule has 106 valence electrons. The molecule has 0 aromatic carbocycles. The van der Waals surface area contributed by atoms with Crippen molar-refractivity contribution in [2.45, 2.75) is 58.9 Å². The smallest absolute Gasteiger partial charge is 0.00967 e. The molecule has 0 amide bonds. The number of rotatable bonds is 5. The molecule has 0 saturated carbocycles. The number of piperidine rings is 1. The van der Waals surface area contributed by atoms with Crippen LogP contribution in [0.1, 0.15) is 52.9 Å². The molecule has 2 unspecified atom stereocenters. The fraction of sp³-hybridized carbons (Fsp3) is 1.00. The Labute approximate surface area is 114 Å². The minimum atomic E-state index is 0.847. The van der Waals surface area contributed by atoms with E-state index in [1.54, 1.807) is 0 Å². The largest absolute Gasteiger partial charge is 0.314 e. The summed E-state index contributed by atoms with van der Waals surface area (Å²) in [6.45, 7) is 12.4. The normalized spacial score (nSPS) is 29.0. The molecule has 2 fully saturated rings. The summed E-state index contributed by atoms with van der Waals surface area (Å²) in [4.78, 5) is 2.71. The highest BCUT2D eigenvalue weighted by atomic mass is 15.1. The van der Waals surface area contributed by atoms with E-state index in [9.17, 15) is 0 Å². The fourth-order valence-electron chi connectivity index (χ4n) is 3.97. The summed E-state index contributed by atoms with van der Waals surface area (Å²) in [5, 5.41) is 3.69. The van der Waals surface area contributed by atoms with Gasteiger partial charge in [-0.25, -0.2) is 0 Å². The van der Waals surface area contributed by atoms with Gasteiger partial charge in [-0.05, 0) is 69.5 Å². The van der Waals surface area contributed by atoms with Crippen molar-refractivity contribution in [1.82, 2.24) is 10.2 Å². The Kier molecular flexibility index (Phi) is 5.50. The third-order valence-electron chi connectivity index (χ3n) is 4.74. The van der Waals surface area contributed by atoms with Crippen molar-refractivity contribution in [1.29, 1.82) is 0 Å². The summed E-state index contributed by atoms with van der Waals surface area (Å²) in [7, 11) is 0. The second-order valence-corrected chi connectivity index (χ2v) is 7.08. The lowest BCUT2D eigenvalue weighted by molar-refractivity contribution is 0.142. The predicted molar refractivity (Wildman–Crippen MR) is 78.8 cm³/mol. The molecule has 2 aliphatic heterocycles. The van der Waals surface area contributed by atoms with E-state index in [4.69, 9.17) is 0 Å². The molecule has 0 aromatic heterocycles. The van der Waals surface area contributed by atoms with Crippen molar-refractivity contribution in [3.05, 3.63) is 0 Å². The Morgan fingerprint density at radius 1 is 1.11 bits per heavy atom. The van der Waals surface area contributed by atoms with Crippen molar-refractivity contribution in [2.24, 2.45) is 17.8 Å². The molecule has 1 N–H and O–H groups in total. The van der Waals surface area contributed by atoms with Crippen molar-refractivity contribution in [3.63, 3.8) is 0 Å². The van der Waals surface area contributed by atoms with Crippen LogP contribution in [0, 0.1) is 17.8 Å². The lowest BCUT2D eigenvalue weighted by Crippen LogP contribution is -2.42. The highest BCUT2D eigenvalue weighted by Crippen LogP contribution is 2.26. The van der Waals surface area contributed by atoms with Gasteiger partial charge < -0.3 is 10.2 Å². The highest BCUT2D eigenvalue weighted by molar-refractivity contribution is 4.85. The van der Waals surface area contributed by atoms with Gasteiger partial charge in [0.05, 0.1) is 0 Å². The molecular formula is C16H32N2. The molecule has 2 heteroatoms. The summed E-state index contributed by atoms with van der Waals surface area (Å²) in [6, 6.07) is 0.847. The first-order valence-electron chi connectivity index (χ1n) is 8.11. The molecule has 2 rings (SSSR count). The average Bonchev–Trinajstić information content (AvgIpc) is 2.82. The van der Waals surface area contributed by atoms with Crippen LogP contribution in [0.3, 0.4) is 0 Å². The summed E-state index contributed by atoms with van der Waals surface area (Å²) in [5.74, 6) is 2.68. The minimum absolute atomic E-state index is 0.847. The zero-order chi connectivity index (χ0) is 13.0. The average molecular weight is 252 g/mol. The molecule has 2 nitrogen and oxygen atoms in total. The topological polar surface area (TPSA) is 15.3 Å². The molecule has 2 saturated heterocycles. The van der Waals surface area contributed by atoms with E-state index in [0.29, 0.717) is 0 Å². The molecule has 2 aliphatic rings. The van der Waals surface area contributed by atoms with Gasteiger partial charge in [-0.1, -0.05) is 20.8 Å². The summed E-state index contributed by atoms with van der Waals surface area (Å²) < 4.78 is 0. The van der Waals surface area contributed by atoms with Gasteiger partial charge in [-0.15, -0.1) is 0 Å². The monoisotopic (exact) mass is 252 g/mol. The summed E-state index contributed by atoms with van der Waals surface area (Å²) in [5.41, 5.74) is 0. The van der Waals surface area contributed by atoms with E-state index >= 15 is 0 Å². The fourth-order valence-corrected chi connectivity index (χ4v) is 3.97. The van der Waals surface area contributed by atoms with E-state index in [-0.39, 0.29) is 0 Å². The van der Waals surface area contributed by atoms with Crippen LogP contribution in [0.15, 0.2) is 0 Å². The van der Waals surface area contributed by atoms with Crippen molar-refractivity contribution in [2.75, 3.05) is 26.2 Å². The van der Waals surface area contributed by atoms with E-state index in [1.165, 1.54) is 58.3 Å². The zero-order valence-electron chi connectivity index (χ0n) is 12.6. The molecule has 0 aliphatic carbocycles. The molecule has 2 atom stereocenters. The van der Waals surface area contributed by atoms with Crippen LogP contribution in [-0.4, -0.2) is 37.1 Å². The van der Waals surface area contributed by atoms with Gasteiger partial charge in [0, 0.05) is 12.6 Å². The molecule has 0 radical (unpaired) electrons. The van der Waals surface area contributed by atoms with Crippen LogP contribution in [0.2, 0.25) is 0 Å². The van der Waals surface area contributed by atoms with Gasteiger partial charge in [0.25, 0.3) is 0 Å². The van der Waals surface area contributed by atoms with Crippen LogP contribution in [0.25, 0.3) is 0 Å². The van der Waals surface area contributed by atoms with Crippen molar-refractivity contribution in [3.8, 4) is 0 Å². The third-order valence-corrected chi connectivity index (χ3v) is 4.74. The van der Waals surface area contributed by atoms with Gasteiger partial charge in [0.15, 0.2) is 0 Å². The van der Waals surface area contributed by atoms with Gasteiger partial charge in [-0.2, -0.15) is 0 Å². The van der Waals surface area contributed by atoms with E-state index in [1.807, 2.05) is 0 Å². The zero-order valence-corrected chi connectivity index (χ0v) is 12.6. The Morgan fingerprint density at radius 3 is 2.39 bits per heavy atom. The van der Waals surface area contributed by atoms with Crippen LogP contribution in [0.5, 0.6) is 0 Å². The SMILES string of the molecule is CC(C)CC(C)CN1CCC(C2CCCN2)CC1. The van der Waals surface area contributed by atoms with Crippen LogP contribution >= 0.6 is 0 Å². The first kappa shape index (κ1) is 14.3. The van der Waals surface area contributed by atoms with E-state index in [2.05, 4.69) is 31.0 Å². The maximum absolute atomic E-state index is 3.69. The minimum Gasteiger partial charge on any atom is -0.314 e. The number of likely N-dealkylation sites (tertiary alicyclic amines) is 1. The Bertz CT molecular complexity index is 225. The first-order chi connectivity index (χ1) is 8.65. The quantitative estimate of drug-likeness (QED) is 0.809. The predicted octanol–water partition coefficient (Wildman–Crippen LogP) is 3.13. The lowest BCUT2D eigenvalue weighted by atomic mass is 9.88. The molecule has 2 heterocycles. The first-order valence-corrected chi connectivity index (χ1v) is 8.11. The Morgan fingerprint density at radius 2 is 1.83 bits per heavy atom. The van der Waals surface area contributed by atoms with Crippen LogP contribution in [-0.2, 0) is 0 Å². The molecular weight excluding hydrogens is 220 g/mol. The maximum atomic E-state index is 3.69. The Balaban J connectivity index is 1.66. The lowest BCUT2D eigenvalue weighted by Gasteiger charge is -2.36. The standard InChI is InChI=1S/C16H32N2/c1-13(2)11-14(3)12-18-9-6-15(7-10-18)16-5-4-8-17-16/h13-17H,4-12H2,1-3H3. The second-order valence-electron chi connectivity index (χ2n) is 7.08. The van der Waals surface area contributed by atoms with E-state index < -0.39 is 0 Å². The maximum Gasteiger partial charge on any atom is 0.00967 e. The van der Waals surface area contributed by atoms with Crippen LogP contribution < -0.4 is 5.32 Å².